The zero-order valence-electron chi connectivity index (χ0n) is 10.5. The van der Waals surface area contributed by atoms with Crippen molar-refractivity contribution < 1.29 is 0 Å². The van der Waals surface area contributed by atoms with E-state index in [2.05, 4.69) is 43.5 Å². The lowest BCUT2D eigenvalue weighted by Gasteiger charge is -2.16. The summed E-state index contributed by atoms with van der Waals surface area (Å²) in [7, 11) is 0. The van der Waals surface area contributed by atoms with Gasteiger partial charge in [-0.15, -0.1) is 0 Å². The van der Waals surface area contributed by atoms with Gasteiger partial charge in [0.1, 0.15) is 0 Å². The van der Waals surface area contributed by atoms with Crippen molar-refractivity contribution in [1.29, 1.82) is 0 Å². The van der Waals surface area contributed by atoms with Crippen LogP contribution in [0.5, 0.6) is 0 Å². The van der Waals surface area contributed by atoms with Crippen LogP contribution in [0.1, 0.15) is 56.7 Å². The molecule has 1 rings (SSSR count). The Balaban J connectivity index is 2.62. The maximum absolute atomic E-state index is 5.63. The van der Waals surface area contributed by atoms with E-state index in [4.69, 9.17) is 5.84 Å². The van der Waals surface area contributed by atoms with E-state index in [1.165, 1.54) is 30.4 Å². The Morgan fingerprint density at radius 1 is 1.25 bits per heavy atom. The summed E-state index contributed by atoms with van der Waals surface area (Å²) in [4.78, 5) is 0. The quantitative estimate of drug-likeness (QED) is 0.420. The van der Waals surface area contributed by atoms with Gasteiger partial charge in [-0.05, 0) is 24.0 Å². The smallest absolute Gasteiger partial charge is 0.0460 e. The number of rotatable bonds is 7. The molecule has 0 radical (unpaired) electrons. The van der Waals surface area contributed by atoms with Gasteiger partial charge in [-0.25, -0.2) is 0 Å². The molecule has 1 aromatic rings. The minimum absolute atomic E-state index is 0.304. The first-order valence-electron chi connectivity index (χ1n) is 6.36. The van der Waals surface area contributed by atoms with Crippen molar-refractivity contribution in [3.05, 3.63) is 35.4 Å². The molecule has 0 aliphatic carbocycles. The fourth-order valence-corrected chi connectivity index (χ4v) is 1.97. The molecule has 2 heteroatoms. The topological polar surface area (TPSA) is 38.0 Å². The number of nitrogens with one attached hydrogen (secondary N) is 1. The molecule has 0 amide bonds. The second-order valence-electron chi connectivity index (χ2n) is 4.31. The minimum atomic E-state index is 0.304. The van der Waals surface area contributed by atoms with Crippen LogP contribution in [0.3, 0.4) is 0 Å². The number of hydrazine groups is 1. The molecule has 0 saturated carbocycles. The van der Waals surface area contributed by atoms with E-state index in [9.17, 15) is 0 Å². The monoisotopic (exact) mass is 220 g/mol. The molecule has 1 unspecified atom stereocenters. The van der Waals surface area contributed by atoms with Crippen molar-refractivity contribution >= 4 is 0 Å². The predicted octanol–water partition coefficient (Wildman–Crippen LogP) is 3.33. The van der Waals surface area contributed by atoms with Crippen molar-refractivity contribution in [2.24, 2.45) is 5.84 Å². The third kappa shape index (κ3) is 3.95. The first-order valence-corrected chi connectivity index (χ1v) is 6.36. The average molecular weight is 220 g/mol. The summed E-state index contributed by atoms with van der Waals surface area (Å²) in [6.45, 7) is 4.41. The zero-order chi connectivity index (χ0) is 11.8. The van der Waals surface area contributed by atoms with Crippen LogP contribution in [0.2, 0.25) is 0 Å². The van der Waals surface area contributed by atoms with Gasteiger partial charge in [0.25, 0.3) is 0 Å². The number of hydrogen-bond donors (Lipinski definition) is 2. The normalized spacial score (nSPS) is 12.7. The van der Waals surface area contributed by atoms with Gasteiger partial charge < -0.3 is 0 Å². The van der Waals surface area contributed by atoms with Gasteiger partial charge in [0.05, 0.1) is 0 Å². The summed E-state index contributed by atoms with van der Waals surface area (Å²) in [6, 6.07) is 9.02. The van der Waals surface area contributed by atoms with E-state index in [0.717, 1.165) is 12.8 Å². The summed E-state index contributed by atoms with van der Waals surface area (Å²) in [5.74, 6) is 5.63. The molecule has 0 bridgehead atoms. The van der Waals surface area contributed by atoms with E-state index >= 15 is 0 Å². The second kappa shape index (κ2) is 7.42. The van der Waals surface area contributed by atoms with Gasteiger partial charge in [-0.3, -0.25) is 11.3 Å². The molecular weight excluding hydrogens is 196 g/mol. The Labute approximate surface area is 99.2 Å². The number of unbranched alkanes of at least 4 members (excludes halogenated alkanes) is 2. The van der Waals surface area contributed by atoms with E-state index in [1.807, 2.05) is 0 Å². The lowest BCUT2D eigenvalue weighted by atomic mass is 9.98. The molecule has 3 N–H and O–H groups in total. The summed E-state index contributed by atoms with van der Waals surface area (Å²) < 4.78 is 0. The second-order valence-corrected chi connectivity index (χ2v) is 4.31. The lowest BCUT2D eigenvalue weighted by Crippen LogP contribution is -2.28. The molecule has 1 atom stereocenters. The fourth-order valence-electron chi connectivity index (χ4n) is 1.97. The maximum atomic E-state index is 5.63. The molecular formula is C14H24N2. The third-order valence-corrected chi connectivity index (χ3v) is 3.06. The van der Waals surface area contributed by atoms with Gasteiger partial charge in [-0.1, -0.05) is 57.4 Å². The van der Waals surface area contributed by atoms with Crippen LogP contribution in [-0.4, -0.2) is 0 Å². The maximum Gasteiger partial charge on any atom is 0.0460 e. The standard InChI is InChI=1S/C14H24N2/c1-3-5-6-10-14(16-15)13-9-7-8-12(4-2)11-13/h7-9,11,14,16H,3-6,10,15H2,1-2H3. The summed E-state index contributed by atoms with van der Waals surface area (Å²) in [5.41, 5.74) is 5.63. The van der Waals surface area contributed by atoms with Crippen molar-refractivity contribution in [3.8, 4) is 0 Å². The van der Waals surface area contributed by atoms with Crippen molar-refractivity contribution in [1.82, 2.24) is 5.43 Å². The van der Waals surface area contributed by atoms with Gasteiger partial charge in [0.2, 0.25) is 0 Å². The van der Waals surface area contributed by atoms with Gasteiger partial charge in [0, 0.05) is 6.04 Å². The average Bonchev–Trinajstić information content (AvgIpc) is 2.35. The highest BCUT2D eigenvalue weighted by molar-refractivity contribution is 5.25. The van der Waals surface area contributed by atoms with E-state index in [1.54, 1.807) is 0 Å². The van der Waals surface area contributed by atoms with Crippen molar-refractivity contribution in [2.45, 2.75) is 52.0 Å². The van der Waals surface area contributed by atoms with Crippen LogP contribution in [0.25, 0.3) is 0 Å². The number of aryl methyl sites for hydroxylation is 1. The summed E-state index contributed by atoms with van der Waals surface area (Å²) >= 11 is 0. The van der Waals surface area contributed by atoms with Crippen LogP contribution in [0.15, 0.2) is 24.3 Å². The Hall–Kier alpha value is -0.860. The highest BCUT2D eigenvalue weighted by Gasteiger charge is 2.08. The molecule has 0 aliphatic rings. The van der Waals surface area contributed by atoms with E-state index < -0.39 is 0 Å². The molecule has 0 fully saturated rings. The van der Waals surface area contributed by atoms with Crippen LogP contribution in [0, 0.1) is 0 Å². The van der Waals surface area contributed by atoms with Gasteiger partial charge >= 0.3 is 0 Å². The Kier molecular flexibility index (Phi) is 6.12. The van der Waals surface area contributed by atoms with Crippen LogP contribution in [-0.2, 0) is 6.42 Å². The Morgan fingerprint density at radius 2 is 2.06 bits per heavy atom. The predicted molar refractivity (Wildman–Crippen MR) is 70.0 cm³/mol. The number of nitrogens with two attached hydrogens (primary N) is 1. The van der Waals surface area contributed by atoms with Gasteiger partial charge in [0.15, 0.2) is 0 Å². The number of benzene rings is 1. The highest BCUT2D eigenvalue weighted by atomic mass is 15.2. The van der Waals surface area contributed by atoms with Crippen molar-refractivity contribution in [2.75, 3.05) is 0 Å². The Morgan fingerprint density at radius 3 is 2.69 bits per heavy atom. The first-order chi connectivity index (χ1) is 7.81. The molecule has 2 nitrogen and oxygen atoms in total. The zero-order valence-corrected chi connectivity index (χ0v) is 10.5. The molecule has 0 aliphatic heterocycles. The third-order valence-electron chi connectivity index (χ3n) is 3.06. The molecule has 0 spiro atoms. The first kappa shape index (κ1) is 13.2. The molecule has 1 aromatic carbocycles. The molecule has 0 aromatic heterocycles. The van der Waals surface area contributed by atoms with Gasteiger partial charge in [-0.2, -0.15) is 0 Å². The van der Waals surface area contributed by atoms with Crippen LogP contribution in [0.4, 0.5) is 0 Å². The number of hydrogen-bond acceptors (Lipinski definition) is 2. The highest BCUT2D eigenvalue weighted by Crippen LogP contribution is 2.20. The Bertz CT molecular complexity index is 297. The fraction of sp³-hybridized carbons (Fsp3) is 0.571. The summed E-state index contributed by atoms with van der Waals surface area (Å²) in [5, 5.41) is 0. The largest absolute Gasteiger partial charge is 0.271 e. The molecule has 0 heterocycles. The van der Waals surface area contributed by atoms with Crippen LogP contribution >= 0.6 is 0 Å². The van der Waals surface area contributed by atoms with E-state index in [0.29, 0.717) is 6.04 Å². The molecule has 0 saturated heterocycles. The molecule has 16 heavy (non-hydrogen) atoms. The summed E-state index contributed by atoms with van der Waals surface area (Å²) in [6.07, 6.45) is 5.98. The minimum Gasteiger partial charge on any atom is -0.271 e. The van der Waals surface area contributed by atoms with Crippen LogP contribution < -0.4 is 11.3 Å². The van der Waals surface area contributed by atoms with E-state index in [-0.39, 0.29) is 0 Å². The molecule has 90 valence electrons. The van der Waals surface area contributed by atoms with Crippen molar-refractivity contribution in [3.63, 3.8) is 0 Å². The SMILES string of the molecule is CCCCCC(NN)c1cccc(CC)c1. The lowest BCUT2D eigenvalue weighted by molar-refractivity contribution is 0.486.